The van der Waals surface area contributed by atoms with Crippen molar-refractivity contribution in [3.63, 3.8) is 0 Å². The maximum Gasteiger partial charge on any atom is 0.266 e. The third-order valence-corrected chi connectivity index (χ3v) is 8.67. The average molecular weight is 561 g/mol. The van der Waals surface area contributed by atoms with Crippen LogP contribution >= 0.6 is 0 Å². The Labute approximate surface area is 248 Å². The van der Waals surface area contributed by atoms with Gasteiger partial charge in [0.05, 0.1) is 5.52 Å². The minimum Gasteiger partial charge on any atom is -0.369 e. The molecule has 3 N–H and O–H groups in total. The highest BCUT2D eigenvalue weighted by atomic mass is 16.2. The number of amides is 1. The van der Waals surface area contributed by atoms with Crippen molar-refractivity contribution < 1.29 is 4.79 Å². The van der Waals surface area contributed by atoms with Crippen LogP contribution in [0, 0.1) is 5.92 Å². The second-order valence-corrected chi connectivity index (χ2v) is 11.4. The lowest BCUT2D eigenvalue weighted by molar-refractivity contribution is -0.130. The lowest BCUT2D eigenvalue weighted by atomic mass is 9.82. The van der Waals surface area contributed by atoms with E-state index < -0.39 is 5.54 Å². The smallest absolute Gasteiger partial charge is 0.266 e. The predicted octanol–water partition coefficient (Wildman–Crippen LogP) is 5.31. The molecule has 3 aliphatic heterocycles. The van der Waals surface area contributed by atoms with Gasteiger partial charge in [-0.2, -0.15) is 0 Å². The van der Waals surface area contributed by atoms with Gasteiger partial charge in [0.25, 0.3) is 5.91 Å². The molecule has 0 radical (unpaired) electrons. The molecule has 0 aliphatic carbocycles. The molecule has 3 aliphatic rings. The summed E-state index contributed by atoms with van der Waals surface area (Å²) < 4.78 is 0. The van der Waals surface area contributed by atoms with E-state index >= 15 is 0 Å². The van der Waals surface area contributed by atoms with Gasteiger partial charge in [-0.1, -0.05) is 85.3 Å². The van der Waals surface area contributed by atoms with E-state index in [0.717, 1.165) is 53.8 Å². The standard InChI is InChI=1S/C30H29N5O.C5H11N/c31-29-33-30(24-10-3-1-4-11-24,25-12-5-2-6-13-25)28(36)35(29)21-22-17-19-34(20-18-22)27-16-15-23-9-7-8-14-26(23)32-27;1-2-4-6-5-3-1/h1-16,22H,17-21H2,(H2,31,33);6H,1-5H2. The minimum atomic E-state index is -1.14. The summed E-state index contributed by atoms with van der Waals surface area (Å²) in [5.74, 6) is 1.58. The second-order valence-electron chi connectivity index (χ2n) is 11.4. The van der Waals surface area contributed by atoms with E-state index in [1.807, 2.05) is 72.8 Å². The first kappa shape index (κ1) is 27.9. The number of nitrogens with zero attached hydrogens (tertiary/aromatic N) is 4. The molecule has 7 nitrogen and oxygen atoms in total. The molecule has 0 spiro atoms. The number of nitrogens with one attached hydrogen (secondary N) is 1. The van der Waals surface area contributed by atoms with Crippen LogP contribution in [0.2, 0.25) is 0 Å². The molecule has 1 amide bonds. The Morgan fingerprint density at radius 1 is 0.786 bits per heavy atom. The highest BCUT2D eigenvalue weighted by molar-refractivity contribution is 6.09. The normalized spacial score (nSPS) is 18.9. The van der Waals surface area contributed by atoms with Crippen molar-refractivity contribution in [3.8, 4) is 0 Å². The molecular weight excluding hydrogens is 520 g/mol. The summed E-state index contributed by atoms with van der Waals surface area (Å²) in [5.41, 5.74) is 8.00. The molecule has 3 aromatic carbocycles. The molecular formula is C35H40N6O. The molecule has 0 unspecified atom stereocenters. The Bertz CT molecular complexity index is 1460. The number of fused-ring (bicyclic) bond motifs is 1. The van der Waals surface area contributed by atoms with Gasteiger partial charge in [-0.15, -0.1) is 0 Å². The first-order valence-corrected chi connectivity index (χ1v) is 15.2. The van der Waals surface area contributed by atoms with Crippen LogP contribution in [0.3, 0.4) is 0 Å². The monoisotopic (exact) mass is 560 g/mol. The Kier molecular flexibility index (Phi) is 8.47. The molecule has 1 aromatic heterocycles. The van der Waals surface area contributed by atoms with Crippen LogP contribution in [0.5, 0.6) is 0 Å². The van der Waals surface area contributed by atoms with Crippen LogP contribution < -0.4 is 16.0 Å². The van der Waals surface area contributed by atoms with Crippen LogP contribution in [0.25, 0.3) is 10.9 Å². The van der Waals surface area contributed by atoms with E-state index in [9.17, 15) is 4.79 Å². The van der Waals surface area contributed by atoms with Gasteiger partial charge in [-0.3, -0.25) is 9.69 Å². The molecule has 2 saturated heterocycles. The predicted molar refractivity (Wildman–Crippen MR) is 170 cm³/mol. The fraction of sp³-hybridized carbons (Fsp3) is 0.343. The van der Waals surface area contributed by atoms with Crippen LogP contribution in [-0.4, -0.2) is 54.5 Å². The number of aliphatic imine (C=N–C) groups is 1. The van der Waals surface area contributed by atoms with Crippen molar-refractivity contribution >= 4 is 28.6 Å². The number of rotatable bonds is 5. The third-order valence-electron chi connectivity index (χ3n) is 8.67. The van der Waals surface area contributed by atoms with Crippen molar-refractivity contribution in [2.45, 2.75) is 37.6 Å². The maximum absolute atomic E-state index is 14.0. The molecule has 0 atom stereocenters. The average Bonchev–Trinajstić information content (AvgIpc) is 3.32. The molecule has 216 valence electrons. The zero-order chi connectivity index (χ0) is 28.8. The van der Waals surface area contributed by atoms with E-state index in [1.165, 1.54) is 32.4 Å². The van der Waals surface area contributed by atoms with Gasteiger partial charge in [0.2, 0.25) is 0 Å². The van der Waals surface area contributed by atoms with Gasteiger partial charge in [-0.05, 0) is 74.0 Å². The van der Waals surface area contributed by atoms with Crippen LogP contribution in [0.4, 0.5) is 5.82 Å². The Hall–Kier alpha value is -4.23. The summed E-state index contributed by atoms with van der Waals surface area (Å²) in [7, 11) is 0. The second kappa shape index (κ2) is 12.7. The largest absolute Gasteiger partial charge is 0.369 e. The number of nitrogens with two attached hydrogens (primary N) is 1. The zero-order valence-corrected chi connectivity index (χ0v) is 24.2. The summed E-state index contributed by atoms with van der Waals surface area (Å²) in [6, 6.07) is 31.9. The van der Waals surface area contributed by atoms with Gasteiger partial charge in [0, 0.05) is 25.0 Å². The van der Waals surface area contributed by atoms with Crippen molar-refractivity contribution in [2.75, 3.05) is 37.6 Å². The van der Waals surface area contributed by atoms with Gasteiger partial charge < -0.3 is 16.0 Å². The van der Waals surface area contributed by atoms with E-state index in [2.05, 4.69) is 34.5 Å². The van der Waals surface area contributed by atoms with Crippen molar-refractivity contribution in [2.24, 2.45) is 16.6 Å². The Morgan fingerprint density at radius 3 is 2.00 bits per heavy atom. The number of hydrogen-bond acceptors (Lipinski definition) is 6. The molecule has 0 saturated carbocycles. The minimum absolute atomic E-state index is 0.0731. The molecule has 0 bridgehead atoms. The third kappa shape index (κ3) is 5.74. The number of aromatic nitrogens is 1. The van der Waals surface area contributed by atoms with Crippen molar-refractivity contribution in [1.29, 1.82) is 0 Å². The molecule has 7 rings (SSSR count). The van der Waals surface area contributed by atoms with Gasteiger partial charge in [-0.25, -0.2) is 9.98 Å². The number of carbonyl (C=O) groups is 1. The number of anilines is 1. The van der Waals surface area contributed by atoms with Crippen LogP contribution in [-0.2, 0) is 10.3 Å². The number of pyridine rings is 1. The summed E-state index contributed by atoms with van der Waals surface area (Å²) in [6.07, 6.45) is 6.15. The highest BCUT2D eigenvalue weighted by Crippen LogP contribution is 2.40. The van der Waals surface area contributed by atoms with E-state index in [-0.39, 0.29) is 5.91 Å². The fourth-order valence-corrected chi connectivity index (χ4v) is 6.29. The number of benzene rings is 3. The molecule has 42 heavy (non-hydrogen) atoms. The summed E-state index contributed by atoms with van der Waals surface area (Å²) >= 11 is 0. The van der Waals surface area contributed by atoms with Gasteiger partial charge in [0.1, 0.15) is 5.82 Å². The quantitative estimate of drug-likeness (QED) is 0.345. The lowest BCUT2D eigenvalue weighted by Gasteiger charge is -2.35. The van der Waals surface area contributed by atoms with Gasteiger partial charge in [0.15, 0.2) is 11.5 Å². The van der Waals surface area contributed by atoms with E-state index in [0.29, 0.717) is 18.4 Å². The first-order valence-electron chi connectivity index (χ1n) is 15.2. The van der Waals surface area contributed by atoms with Crippen LogP contribution in [0.1, 0.15) is 43.2 Å². The summed E-state index contributed by atoms with van der Waals surface area (Å²) in [6.45, 7) is 4.88. The Balaban J connectivity index is 0.000000470. The Morgan fingerprint density at radius 2 is 1.40 bits per heavy atom. The topological polar surface area (TPSA) is 86.8 Å². The fourth-order valence-electron chi connectivity index (χ4n) is 6.29. The van der Waals surface area contributed by atoms with Crippen molar-refractivity contribution in [3.05, 3.63) is 108 Å². The zero-order valence-electron chi connectivity index (χ0n) is 24.2. The van der Waals surface area contributed by atoms with Crippen LogP contribution in [0.15, 0.2) is 102 Å². The number of para-hydroxylation sites is 1. The van der Waals surface area contributed by atoms with E-state index in [1.54, 1.807) is 4.90 Å². The molecule has 7 heteroatoms. The number of guanidine groups is 1. The number of carbonyl (C=O) groups excluding carboxylic acids is 1. The van der Waals surface area contributed by atoms with Crippen molar-refractivity contribution in [1.82, 2.24) is 15.2 Å². The highest BCUT2D eigenvalue weighted by Gasteiger charge is 2.50. The SMILES string of the molecule is C1CCNCC1.NC1=NC(c2ccccc2)(c2ccccc2)C(=O)N1CC1CCN(c2ccc3ccccc3n2)CC1. The number of hydrogen-bond donors (Lipinski definition) is 2. The number of piperidine rings is 2. The first-order chi connectivity index (χ1) is 20.6. The summed E-state index contributed by atoms with van der Waals surface area (Å²) in [5, 5.41) is 4.44. The summed E-state index contributed by atoms with van der Waals surface area (Å²) in [4.78, 5) is 27.8. The maximum atomic E-state index is 14.0. The van der Waals surface area contributed by atoms with Gasteiger partial charge >= 0.3 is 0 Å². The molecule has 4 aromatic rings. The lowest BCUT2D eigenvalue weighted by Crippen LogP contribution is -2.47. The molecule has 2 fully saturated rings. The van der Waals surface area contributed by atoms with E-state index in [4.69, 9.17) is 15.7 Å². The molecule has 4 heterocycles.